The molecule has 4 N–H and O–H groups in total. The van der Waals surface area contributed by atoms with Gasteiger partial charge in [-0.05, 0) is 17.7 Å². The molecule has 0 aliphatic carbocycles. The van der Waals surface area contributed by atoms with Crippen molar-refractivity contribution < 1.29 is 4.74 Å². The van der Waals surface area contributed by atoms with Crippen LogP contribution >= 0.6 is 11.6 Å². The summed E-state index contributed by atoms with van der Waals surface area (Å²) in [5.74, 6) is 0.648. The Bertz CT molecular complexity index is 291. The fraction of sp³-hybridized carbons (Fsp3) is 0.333. The van der Waals surface area contributed by atoms with Crippen molar-refractivity contribution in [3.63, 3.8) is 0 Å². The van der Waals surface area contributed by atoms with E-state index in [0.717, 1.165) is 5.56 Å². The third-order valence-corrected chi connectivity index (χ3v) is 2.15. The van der Waals surface area contributed by atoms with Gasteiger partial charge in [0.05, 0.1) is 12.1 Å². The van der Waals surface area contributed by atoms with E-state index >= 15 is 0 Å². The topological polar surface area (TPSA) is 61.3 Å². The molecule has 0 saturated carbocycles. The molecule has 72 valence electrons. The van der Waals surface area contributed by atoms with Crippen LogP contribution in [0.15, 0.2) is 18.2 Å². The molecule has 0 aromatic heterocycles. The summed E-state index contributed by atoms with van der Waals surface area (Å²) in [7, 11) is 1.57. The SMILES string of the molecule is COc1ccc([C@@H](N)CN)cc1Cl. The summed E-state index contributed by atoms with van der Waals surface area (Å²) in [6.45, 7) is 0.405. The molecule has 1 aromatic rings. The summed E-state index contributed by atoms with van der Waals surface area (Å²) in [5, 5.41) is 0.559. The maximum Gasteiger partial charge on any atom is 0.137 e. The summed E-state index contributed by atoms with van der Waals surface area (Å²) in [6.07, 6.45) is 0. The molecule has 1 aromatic carbocycles. The predicted molar refractivity (Wildman–Crippen MR) is 54.0 cm³/mol. The first kappa shape index (κ1) is 10.3. The zero-order chi connectivity index (χ0) is 9.84. The average molecular weight is 201 g/mol. The number of hydrogen-bond donors (Lipinski definition) is 2. The summed E-state index contributed by atoms with van der Waals surface area (Å²) in [4.78, 5) is 0. The van der Waals surface area contributed by atoms with Gasteiger partial charge in [0, 0.05) is 12.6 Å². The van der Waals surface area contributed by atoms with Gasteiger partial charge in [-0.3, -0.25) is 0 Å². The Balaban J connectivity index is 2.95. The van der Waals surface area contributed by atoms with Crippen LogP contribution < -0.4 is 16.2 Å². The Labute approximate surface area is 82.6 Å². The highest BCUT2D eigenvalue weighted by Gasteiger charge is 2.06. The Morgan fingerprint density at radius 2 is 2.23 bits per heavy atom. The molecule has 0 radical (unpaired) electrons. The molecule has 0 spiro atoms. The van der Waals surface area contributed by atoms with Crippen molar-refractivity contribution in [3.05, 3.63) is 28.8 Å². The summed E-state index contributed by atoms with van der Waals surface area (Å²) >= 11 is 5.91. The second kappa shape index (κ2) is 4.46. The largest absolute Gasteiger partial charge is 0.495 e. The quantitative estimate of drug-likeness (QED) is 0.774. The summed E-state index contributed by atoms with van der Waals surface area (Å²) in [6, 6.07) is 5.26. The third-order valence-electron chi connectivity index (χ3n) is 1.86. The van der Waals surface area contributed by atoms with E-state index in [1.54, 1.807) is 19.2 Å². The maximum atomic E-state index is 5.91. The van der Waals surface area contributed by atoms with Gasteiger partial charge in [-0.1, -0.05) is 17.7 Å². The molecule has 1 rings (SSSR count). The zero-order valence-corrected chi connectivity index (χ0v) is 8.21. The lowest BCUT2D eigenvalue weighted by molar-refractivity contribution is 0.414. The monoisotopic (exact) mass is 200 g/mol. The summed E-state index contributed by atoms with van der Waals surface area (Å²) < 4.78 is 5.01. The molecular weight excluding hydrogens is 188 g/mol. The van der Waals surface area contributed by atoms with Crippen LogP contribution in [0, 0.1) is 0 Å². The highest BCUT2D eigenvalue weighted by Crippen LogP contribution is 2.26. The molecule has 0 amide bonds. The van der Waals surface area contributed by atoms with E-state index in [0.29, 0.717) is 17.3 Å². The fourth-order valence-corrected chi connectivity index (χ4v) is 1.32. The van der Waals surface area contributed by atoms with Crippen molar-refractivity contribution in [2.24, 2.45) is 11.5 Å². The zero-order valence-electron chi connectivity index (χ0n) is 7.46. The van der Waals surface area contributed by atoms with E-state index in [4.69, 9.17) is 27.8 Å². The first-order valence-electron chi connectivity index (χ1n) is 3.98. The van der Waals surface area contributed by atoms with Gasteiger partial charge < -0.3 is 16.2 Å². The van der Waals surface area contributed by atoms with Crippen LogP contribution in [0.25, 0.3) is 0 Å². The Morgan fingerprint density at radius 1 is 1.54 bits per heavy atom. The molecule has 3 nitrogen and oxygen atoms in total. The van der Waals surface area contributed by atoms with Crippen LogP contribution in [0.4, 0.5) is 0 Å². The molecule has 0 saturated heterocycles. The van der Waals surface area contributed by atoms with Crippen molar-refractivity contribution in [2.75, 3.05) is 13.7 Å². The lowest BCUT2D eigenvalue weighted by Gasteiger charge is -2.10. The van der Waals surface area contributed by atoms with E-state index in [9.17, 15) is 0 Å². The number of methoxy groups -OCH3 is 1. The Hall–Kier alpha value is -0.770. The fourth-order valence-electron chi connectivity index (χ4n) is 1.05. The smallest absolute Gasteiger partial charge is 0.137 e. The lowest BCUT2D eigenvalue weighted by atomic mass is 10.1. The number of nitrogens with two attached hydrogens (primary N) is 2. The van der Waals surface area contributed by atoms with E-state index in [1.807, 2.05) is 6.07 Å². The minimum atomic E-state index is -0.164. The normalized spacial score (nSPS) is 12.6. The van der Waals surface area contributed by atoms with Crippen LogP contribution in [0.1, 0.15) is 11.6 Å². The van der Waals surface area contributed by atoms with E-state index in [-0.39, 0.29) is 6.04 Å². The van der Waals surface area contributed by atoms with Gasteiger partial charge in [-0.15, -0.1) is 0 Å². The molecule has 0 aliphatic rings. The molecule has 1 atom stereocenters. The predicted octanol–water partition coefficient (Wildman–Crippen LogP) is 1.31. The second-order valence-electron chi connectivity index (χ2n) is 2.74. The van der Waals surface area contributed by atoms with Gasteiger partial charge in [0.25, 0.3) is 0 Å². The molecule has 13 heavy (non-hydrogen) atoms. The number of rotatable bonds is 3. The Morgan fingerprint density at radius 3 is 2.69 bits per heavy atom. The highest BCUT2D eigenvalue weighted by molar-refractivity contribution is 6.32. The lowest BCUT2D eigenvalue weighted by Crippen LogP contribution is -2.20. The molecule has 0 bridgehead atoms. The van der Waals surface area contributed by atoms with Gasteiger partial charge in [-0.2, -0.15) is 0 Å². The van der Waals surface area contributed by atoms with Crippen molar-refractivity contribution in [1.29, 1.82) is 0 Å². The second-order valence-corrected chi connectivity index (χ2v) is 3.14. The molecule has 0 fully saturated rings. The van der Waals surface area contributed by atoms with Gasteiger partial charge >= 0.3 is 0 Å². The van der Waals surface area contributed by atoms with Gasteiger partial charge in [0.15, 0.2) is 0 Å². The van der Waals surface area contributed by atoms with E-state index in [2.05, 4.69) is 0 Å². The number of halogens is 1. The highest BCUT2D eigenvalue weighted by atomic mass is 35.5. The molecule has 4 heteroatoms. The van der Waals surface area contributed by atoms with Gasteiger partial charge in [-0.25, -0.2) is 0 Å². The maximum absolute atomic E-state index is 5.91. The first-order chi connectivity index (χ1) is 6.19. The van der Waals surface area contributed by atoms with Gasteiger partial charge in [0.2, 0.25) is 0 Å². The standard InChI is InChI=1S/C9H13ClN2O/c1-13-9-3-2-6(4-7(9)10)8(12)5-11/h2-4,8H,5,11-12H2,1H3/t8-/m0/s1. The van der Waals surface area contributed by atoms with E-state index in [1.165, 1.54) is 0 Å². The molecule has 0 aliphatic heterocycles. The van der Waals surface area contributed by atoms with Crippen LogP contribution in [-0.2, 0) is 0 Å². The van der Waals surface area contributed by atoms with Crippen LogP contribution in [0.2, 0.25) is 5.02 Å². The van der Waals surface area contributed by atoms with Crippen LogP contribution in [0.3, 0.4) is 0 Å². The van der Waals surface area contributed by atoms with Crippen molar-refractivity contribution in [2.45, 2.75) is 6.04 Å². The van der Waals surface area contributed by atoms with Crippen molar-refractivity contribution in [3.8, 4) is 5.75 Å². The van der Waals surface area contributed by atoms with Crippen molar-refractivity contribution in [1.82, 2.24) is 0 Å². The van der Waals surface area contributed by atoms with Crippen LogP contribution in [-0.4, -0.2) is 13.7 Å². The average Bonchev–Trinajstić information content (AvgIpc) is 2.16. The first-order valence-corrected chi connectivity index (χ1v) is 4.36. The summed E-state index contributed by atoms with van der Waals surface area (Å²) in [5.41, 5.74) is 12.1. The van der Waals surface area contributed by atoms with Crippen molar-refractivity contribution >= 4 is 11.6 Å². The molecule has 0 heterocycles. The molecule has 0 unspecified atom stereocenters. The number of benzene rings is 1. The van der Waals surface area contributed by atoms with Gasteiger partial charge in [0.1, 0.15) is 5.75 Å². The minimum absolute atomic E-state index is 0.164. The van der Waals surface area contributed by atoms with E-state index < -0.39 is 0 Å². The third kappa shape index (κ3) is 2.34. The van der Waals surface area contributed by atoms with Crippen LogP contribution in [0.5, 0.6) is 5.75 Å². The minimum Gasteiger partial charge on any atom is -0.495 e. The Kier molecular flexibility index (Phi) is 3.54. The molecular formula is C9H13ClN2O. The number of ether oxygens (including phenoxy) is 1. The number of hydrogen-bond acceptors (Lipinski definition) is 3.